The average Bonchev–Trinajstić information content (AvgIpc) is 2.85. The molecule has 1 aliphatic rings. The summed E-state index contributed by atoms with van der Waals surface area (Å²) in [7, 11) is -3.76. The number of nitrogens with zero attached hydrogens (tertiary/aromatic N) is 2. The summed E-state index contributed by atoms with van der Waals surface area (Å²) >= 11 is 0. The lowest BCUT2D eigenvalue weighted by Gasteiger charge is -2.40. The van der Waals surface area contributed by atoms with Crippen molar-refractivity contribution < 1.29 is 17.6 Å². The molecule has 4 rings (SSSR count). The van der Waals surface area contributed by atoms with Crippen LogP contribution >= 0.6 is 0 Å². The summed E-state index contributed by atoms with van der Waals surface area (Å²) in [6.45, 7) is 0.426. The molecule has 172 valence electrons. The van der Waals surface area contributed by atoms with E-state index < -0.39 is 15.6 Å². The number of hydrogen-bond donors (Lipinski definition) is 2. The van der Waals surface area contributed by atoms with Crippen LogP contribution in [0.15, 0.2) is 79.0 Å². The Hall–Kier alpha value is -3.14. The van der Waals surface area contributed by atoms with Crippen LogP contribution in [0.4, 0.5) is 10.2 Å². The van der Waals surface area contributed by atoms with Crippen molar-refractivity contribution in [3.8, 4) is 0 Å². The first kappa shape index (κ1) is 23.0. The van der Waals surface area contributed by atoms with Gasteiger partial charge in [0, 0.05) is 25.8 Å². The molecule has 1 amide bonds. The predicted octanol–water partition coefficient (Wildman–Crippen LogP) is 3.23. The Morgan fingerprint density at radius 3 is 2.27 bits per heavy atom. The number of benzene rings is 2. The van der Waals surface area contributed by atoms with Crippen LogP contribution in [0, 0.1) is 5.82 Å². The maximum absolute atomic E-state index is 13.4. The zero-order valence-corrected chi connectivity index (χ0v) is 18.8. The van der Waals surface area contributed by atoms with Crippen molar-refractivity contribution in [3.05, 3.63) is 95.9 Å². The molecule has 1 aromatic heterocycles. The number of pyridine rings is 1. The fraction of sp³-hybridized carbons (Fsp3) is 0.250. The van der Waals surface area contributed by atoms with Gasteiger partial charge in [0.2, 0.25) is 5.91 Å². The summed E-state index contributed by atoms with van der Waals surface area (Å²) in [6, 6.07) is 20.4. The predicted molar refractivity (Wildman–Crippen MR) is 124 cm³/mol. The van der Waals surface area contributed by atoms with Crippen LogP contribution in [0.1, 0.15) is 24.0 Å². The highest BCUT2D eigenvalue weighted by molar-refractivity contribution is 7.87. The lowest BCUT2D eigenvalue weighted by atomic mass is 9.72. The second kappa shape index (κ2) is 9.78. The second-order valence-electron chi connectivity index (χ2n) is 7.97. The molecule has 0 aliphatic carbocycles. The van der Waals surface area contributed by atoms with Gasteiger partial charge in [-0.3, -0.25) is 4.79 Å². The number of halogens is 1. The number of nitrogens with one attached hydrogen (secondary N) is 2. The number of amides is 1. The van der Waals surface area contributed by atoms with Crippen LogP contribution in [-0.4, -0.2) is 36.7 Å². The highest BCUT2D eigenvalue weighted by Crippen LogP contribution is 2.37. The normalized spacial score (nSPS) is 16.3. The smallest absolute Gasteiger partial charge is 0.279 e. The van der Waals surface area contributed by atoms with Gasteiger partial charge in [-0.2, -0.15) is 17.4 Å². The first-order valence-corrected chi connectivity index (χ1v) is 12.1. The monoisotopic (exact) mass is 468 g/mol. The molecule has 1 fully saturated rings. The molecule has 9 heteroatoms. The Labute approximate surface area is 192 Å². The van der Waals surface area contributed by atoms with Crippen LogP contribution in [0.5, 0.6) is 0 Å². The van der Waals surface area contributed by atoms with Gasteiger partial charge >= 0.3 is 0 Å². The van der Waals surface area contributed by atoms with E-state index in [2.05, 4.69) is 15.0 Å². The minimum Gasteiger partial charge on any atom is -0.310 e. The van der Waals surface area contributed by atoms with Crippen molar-refractivity contribution in [2.45, 2.75) is 24.8 Å². The minimum absolute atomic E-state index is 0.0586. The summed E-state index contributed by atoms with van der Waals surface area (Å²) < 4.78 is 42.7. The number of rotatable bonds is 7. The van der Waals surface area contributed by atoms with Gasteiger partial charge in [-0.1, -0.05) is 48.5 Å². The number of piperidine rings is 1. The third-order valence-corrected chi connectivity index (χ3v) is 7.51. The highest BCUT2D eigenvalue weighted by atomic mass is 32.2. The van der Waals surface area contributed by atoms with Crippen molar-refractivity contribution in [1.29, 1.82) is 0 Å². The van der Waals surface area contributed by atoms with Gasteiger partial charge < -0.3 is 5.32 Å². The fourth-order valence-corrected chi connectivity index (χ4v) is 5.25. The lowest BCUT2D eigenvalue weighted by Crippen LogP contribution is -2.53. The van der Waals surface area contributed by atoms with Crippen LogP contribution in [0.2, 0.25) is 0 Å². The van der Waals surface area contributed by atoms with Gasteiger partial charge in [0.15, 0.2) is 0 Å². The molecular formula is C24H25FN4O3S. The van der Waals surface area contributed by atoms with Crippen molar-refractivity contribution in [1.82, 2.24) is 14.0 Å². The molecule has 0 saturated carbocycles. The van der Waals surface area contributed by atoms with E-state index >= 15 is 0 Å². The molecule has 7 nitrogen and oxygen atoms in total. The van der Waals surface area contributed by atoms with E-state index in [4.69, 9.17) is 0 Å². The van der Waals surface area contributed by atoms with E-state index in [1.54, 1.807) is 24.4 Å². The largest absolute Gasteiger partial charge is 0.310 e. The van der Waals surface area contributed by atoms with E-state index in [-0.39, 0.29) is 31.4 Å². The quantitative estimate of drug-likeness (QED) is 0.557. The Morgan fingerprint density at radius 1 is 0.970 bits per heavy atom. The van der Waals surface area contributed by atoms with Crippen molar-refractivity contribution >= 4 is 21.9 Å². The molecule has 0 atom stereocenters. The molecule has 2 N–H and O–H groups in total. The Balaban J connectivity index is 1.49. The third kappa shape index (κ3) is 5.27. The van der Waals surface area contributed by atoms with Crippen LogP contribution in [-0.2, 0) is 27.0 Å². The maximum atomic E-state index is 13.4. The average molecular weight is 469 g/mol. The summed E-state index contributed by atoms with van der Waals surface area (Å²) in [5.74, 6) is -0.128. The van der Waals surface area contributed by atoms with E-state index in [9.17, 15) is 17.6 Å². The molecule has 1 saturated heterocycles. The van der Waals surface area contributed by atoms with Crippen LogP contribution < -0.4 is 10.0 Å². The zero-order chi connectivity index (χ0) is 23.3. The van der Waals surface area contributed by atoms with Gasteiger partial charge in [0.25, 0.3) is 10.2 Å². The topological polar surface area (TPSA) is 91.4 Å². The summed E-state index contributed by atoms with van der Waals surface area (Å²) in [6.07, 6.45) is 2.26. The lowest BCUT2D eigenvalue weighted by molar-refractivity contribution is -0.123. The SMILES string of the molecule is O=C(Nc1ccccn1)C1(c2ccccc2)CCN(S(=O)(=O)NCc2ccc(F)cc2)CC1. The van der Waals surface area contributed by atoms with Crippen molar-refractivity contribution in [3.63, 3.8) is 0 Å². The highest BCUT2D eigenvalue weighted by Gasteiger charge is 2.45. The number of aromatic nitrogens is 1. The number of anilines is 1. The summed E-state index contributed by atoms with van der Waals surface area (Å²) in [5.41, 5.74) is 0.627. The van der Waals surface area contributed by atoms with Gasteiger partial charge in [-0.15, -0.1) is 0 Å². The van der Waals surface area contributed by atoms with E-state index in [1.165, 1.54) is 28.6 Å². The third-order valence-electron chi connectivity index (χ3n) is 5.96. The standard InChI is InChI=1S/C24H25FN4O3S/c25-21-11-9-19(10-12-21)18-27-33(31,32)29-16-13-24(14-17-29,20-6-2-1-3-7-20)23(30)28-22-8-4-5-15-26-22/h1-12,15,27H,13-14,16-18H2,(H,26,28,30). The summed E-state index contributed by atoms with van der Waals surface area (Å²) in [5, 5.41) is 2.89. The molecule has 0 spiro atoms. The van der Waals surface area contributed by atoms with Crippen LogP contribution in [0.25, 0.3) is 0 Å². The number of carbonyl (C=O) groups is 1. The van der Waals surface area contributed by atoms with E-state index in [1.807, 2.05) is 30.3 Å². The molecule has 3 aromatic rings. The molecule has 1 aliphatic heterocycles. The first-order valence-electron chi connectivity index (χ1n) is 10.7. The molecule has 0 unspecified atom stereocenters. The van der Waals surface area contributed by atoms with Crippen molar-refractivity contribution in [2.75, 3.05) is 18.4 Å². The van der Waals surface area contributed by atoms with Gasteiger partial charge in [0.1, 0.15) is 11.6 Å². The Bertz CT molecular complexity index is 1180. The summed E-state index contributed by atoms with van der Waals surface area (Å²) in [4.78, 5) is 17.6. The molecule has 33 heavy (non-hydrogen) atoms. The molecule has 2 heterocycles. The number of hydrogen-bond acceptors (Lipinski definition) is 4. The molecule has 2 aromatic carbocycles. The van der Waals surface area contributed by atoms with E-state index in [0.717, 1.165) is 5.56 Å². The maximum Gasteiger partial charge on any atom is 0.279 e. The second-order valence-corrected chi connectivity index (χ2v) is 9.72. The van der Waals surface area contributed by atoms with E-state index in [0.29, 0.717) is 24.2 Å². The molecular weight excluding hydrogens is 443 g/mol. The zero-order valence-electron chi connectivity index (χ0n) is 17.9. The Kier molecular flexibility index (Phi) is 6.83. The molecule has 0 bridgehead atoms. The minimum atomic E-state index is -3.76. The van der Waals surface area contributed by atoms with Crippen LogP contribution in [0.3, 0.4) is 0 Å². The first-order chi connectivity index (χ1) is 15.9. The molecule has 0 radical (unpaired) electrons. The van der Waals surface area contributed by atoms with Gasteiger partial charge in [0.05, 0.1) is 5.41 Å². The van der Waals surface area contributed by atoms with Crippen molar-refractivity contribution in [2.24, 2.45) is 0 Å². The Morgan fingerprint density at radius 2 is 1.64 bits per heavy atom. The van der Waals surface area contributed by atoms with Gasteiger partial charge in [-0.05, 0) is 48.2 Å². The number of carbonyl (C=O) groups excluding carboxylic acids is 1. The van der Waals surface area contributed by atoms with Gasteiger partial charge in [-0.25, -0.2) is 9.37 Å². The fourth-order valence-electron chi connectivity index (χ4n) is 4.05.